The SMILES string of the molecule is C[C@@H]1[C@H](NC(=O)c2nnc(Cc3ccccc3)s2)C(=O)N(C)c2nccnc2[C@@H]1C. The van der Waals surface area contributed by atoms with Crippen molar-refractivity contribution in [3.05, 3.63) is 64.0 Å². The van der Waals surface area contributed by atoms with E-state index in [1.807, 2.05) is 44.2 Å². The Morgan fingerprint density at radius 3 is 2.63 bits per heavy atom. The molecule has 2 amide bonds. The van der Waals surface area contributed by atoms with Gasteiger partial charge in [-0.05, 0) is 11.5 Å². The zero-order valence-corrected chi connectivity index (χ0v) is 17.8. The van der Waals surface area contributed by atoms with Crippen molar-refractivity contribution >= 4 is 29.0 Å². The lowest BCUT2D eigenvalue weighted by Crippen LogP contribution is -2.50. The smallest absolute Gasteiger partial charge is 0.282 e. The lowest BCUT2D eigenvalue weighted by molar-refractivity contribution is -0.121. The number of benzene rings is 1. The molecule has 3 aromatic rings. The number of rotatable bonds is 4. The zero-order valence-electron chi connectivity index (χ0n) is 16.9. The Morgan fingerprint density at radius 2 is 1.87 bits per heavy atom. The number of hydrogen-bond donors (Lipinski definition) is 1. The van der Waals surface area contributed by atoms with Crippen LogP contribution in [0, 0.1) is 5.92 Å². The highest BCUT2D eigenvalue weighted by atomic mass is 32.1. The summed E-state index contributed by atoms with van der Waals surface area (Å²) in [4.78, 5) is 36.2. The summed E-state index contributed by atoms with van der Waals surface area (Å²) >= 11 is 1.24. The van der Waals surface area contributed by atoms with Gasteiger partial charge in [-0.25, -0.2) is 4.98 Å². The molecule has 8 nitrogen and oxygen atoms in total. The first kappa shape index (κ1) is 20.1. The van der Waals surface area contributed by atoms with Crippen LogP contribution in [-0.4, -0.2) is 45.1 Å². The fourth-order valence-electron chi connectivity index (χ4n) is 3.58. The first-order valence-electron chi connectivity index (χ1n) is 9.71. The second-order valence-electron chi connectivity index (χ2n) is 7.42. The summed E-state index contributed by atoms with van der Waals surface area (Å²) < 4.78 is 0. The highest BCUT2D eigenvalue weighted by Crippen LogP contribution is 2.34. The van der Waals surface area contributed by atoms with E-state index in [2.05, 4.69) is 25.5 Å². The number of nitrogens with zero attached hydrogens (tertiary/aromatic N) is 5. The summed E-state index contributed by atoms with van der Waals surface area (Å²) in [5, 5.41) is 12.0. The van der Waals surface area contributed by atoms with Crippen LogP contribution in [0.5, 0.6) is 0 Å². The van der Waals surface area contributed by atoms with Crippen LogP contribution in [0.4, 0.5) is 5.82 Å². The van der Waals surface area contributed by atoms with E-state index in [4.69, 9.17) is 0 Å². The highest BCUT2D eigenvalue weighted by Gasteiger charge is 2.40. The maximum Gasteiger partial charge on any atom is 0.282 e. The van der Waals surface area contributed by atoms with Crippen LogP contribution < -0.4 is 10.2 Å². The lowest BCUT2D eigenvalue weighted by Gasteiger charge is -2.25. The van der Waals surface area contributed by atoms with Crippen molar-refractivity contribution in [2.24, 2.45) is 5.92 Å². The number of amides is 2. The molecule has 0 saturated carbocycles. The van der Waals surface area contributed by atoms with Crippen molar-refractivity contribution in [2.45, 2.75) is 32.2 Å². The fourth-order valence-corrected chi connectivity index (χ4v) is 4.36. The zero-order chi connectivity index (χ0) is 21.3. The van der Waals surface area contributed by atoms with Gasteiger partial charge in [0.1, 0.15) is 11.0 Å². The van der Waals surface area contributed by atoms with Gasteiger partial charge in [0.15, 0.2) is 5.82 Å². The van der Waals surface area contributed by atoms with Crippen LogP contribution in [0.2, 0.25) is 0 Å². The number of anilines is 1. The Hall–Kier alpha value is -3.20. The Bertz CT molecular complexity index is 1070. The molecule has 9 heteroatoms. The van der Waals surface area contributed by atoms with Gasteiger partial charge in [-0.3, -0.25) is 19.5 Å². The molecule has 0 aliphatic carbocycles. The molecule has 0 fully saturated rings. The van der Waals surface area contributed by atoms with Crippen LogP contribution >= 0.6 is 11.3 Å². The number of fused-ring (bicyclic) bond motifs is 1. The maximum atomic E-state index is 13.1. The predicted octanol–water partition coefficient (Wildman–Crippen LogP) is 2.43. The van der Waals surface area contributed by atoms with Gasteiger partial charge < -0.3 is 5.32 Å². The molecule has 154 valence electrons. The van der Waals surface area contributed by atoms with E-state index in [-0.39, 0.29) is 22.8 Å². The minimum atomic E-state index is -0.713. The van der Waals surface area contributed by atoms with E-state index in [1.165, 1.54) is 16.2 Å². The number of hydrogen-bond acceptors (Lipinski definition) is 7. The first-order valence-corrected chi connectivity index (χ1v) is 10.5. The molecule has 1 aliphatic rings. The Balaban J connectivity index is 1.52. The molecule has 1 aromatic carbocycles. The van der Waals surface area contributed by atoms with Crippen molar-refractivity contribution in [1.29, 1.82) is 0 Å². The molecule has 0 saturated heterocycles. The van der Waals surface area contributed by atoms with Crippen LogP contribution in [-0.2, 0) is 11.2 Å². The van der Waals surface area contributed by atoms with Crippen LogP contribution in [0.3, 0.4) is 0 Å². The third-order valence-electron chi connectivity index (χ3n) is 5.51. The van der Waals surface area contributed by atoms with E-state index in [0.717, 1.165) is 16.3 Å². The third kappa shape index (κ3) is 3.80. The molecule has 3 atom stereocenters. The van der Waals surface area contributed by atoms with E-state index in [9.17, 15) is 9.59 Å². The number of nitrogens with one attached hydrogen (secondary N) is 1. The van der Waals surface area contributed by atoms with Gasteiger partial charge in [-0.1, -0.05) is 55.5 Å². The van der Waals surface area contributed by atoms with E-state index in [0.29, 0.717) is 12.2 Å². The number of carbonyl (C=O) groups excluding carboxylic acids is 2. The van der Waals surface area contributed by atoms with Gasteiger partial charge in [0.2, 0.25) is 5.01 Å². The molecule has 0 bridgehead atoms. The summed E-state index contributed by atoms with van der Waals surface area (Å²) in [5.74, 6) is -0.324. The van der Waals surface area contributed by atoms with Crippen molar-refractivity contribution in [3.63, 3.8) is 0 Å². The molecule has 0 spiro atoms. The number of carbonyl (C=O) groups is 2. The highest BCUT2D eigenvalue weighted by molar-refractivity contribution is 7.13. The first-order chi connectivity index (χ1) is 14.5. The van der Waals surface area contributed by atoms with Gasteiger partial charge in [0.05, 0.1) is 5.69 Å². The van der Waals surface area contributed by atoms with E-state index < -0.39 is 11.9 Å². The van der Waals surface area contributed by atoms with Gasteiger partial charge in [0, 0.05) is 31.8 Å². The maximum absolute atomic E-state index is 13.1. The molecular formula is C21H22N6O2S. The van der Waals surface area contributed by atoms with Crippen molar-refractivity contribution in [3.8, 4) is 0 Å². The summed E-state index contributed by atoms with van der Waals surface area (Å²) in [6.45, 7) is 3.93. The normalized spacial score (nSPS) is 21.1. The molecule has 3 heterocycles. The standard InChI is InChI=1S/C21H22N6O2S/c1-12-13(2)17(21(29)27(3)18-16(12)22-9-10-23-18)24-19(28)20-26-25-15(30-20)11-14-7-5-4-6-8-14/h4-10,12-13,17H,11H2,1-3H3,(H,24,28)/t12-,13+,17+/m1/s1. The van der Waals surface area contributed by atoms with Crippen molar-refractivity contribution in [2.75, 3.05) is 11.9 Å². The second-order valence-corrected chi connectivity index (χ2v) is 8.49. The van der Waals surface area contributed by atoms with Gasteiger partial charge in [-0.2, -0.15) is 0 Å². The fraction of sp³-hybridized carbons (Fsp3) is 0.333. The minimum absolute atomic E-state index is 0.0593. The van der Waals surface area contributed by atoms with Gasteiger partial charge in [-0.15, -0.1) is 10.2 Å². The molecule has 1 aliphatic heterocycles. The van der Waals surface area contributed by atoms with E-state index >= 15 is 0 Å². The quantitative estimate of drug-likeness (QED) is 0.693. The Morgan fingerprint density at radius 1 is 1.13 bits per heavy atom. The van der Waals surface area contributed by atoms with Crippen LogP contribution in [0.1, 0.15) is 45.8 Å². The second kappa shape index (κ2) is 8.27. The molecule has 0 unspecified atom stereocenters. The summed E-state index contributed by atoms with van der Waals surface area (Å²) in [6.07, 6.45) is 3.79. The monoisotopic (exact) mass is 422 g/mol. The minimum Gasteiger partial charge on any atom is -0.338 e. The Labute approximate surface area is 178 Å². The molecule has 30 heavy (non-hydrogen) atoms. The van der Waals surface area contributed by atoms with Gasteiger partial charge in [0.25, 0.3) is 11.8 Å². The molecule has 4 rings (SSSR count). The van der Waals surface area contributed by atoms with Crippen molar-refractivity contribution in [1.82, 2.24) is 25.5 Å². The van der Waals surface area contributed by atoms with Crippen LogP contribution in [0.15, 0.2) is 42.7 Å². The summed E-state index contributed by atoms with van der Waals surface area (Å²) in [7, 11) is 1.66. The average molecular weight is 423 g/mol. The molecule has 0 radical (unpaired) electrons. The molecule has 2 aromatic heterocycles. The third-order valence-corrected chi connectivity index (χ3v) is 6.43. The molecule has 1 N–H and O–H groups in total. The number of aromatic nitrogens is 4. The average Bonchev–Trinajstić information content (AvgIpc) is 3.22. The number of likely N-dealkylation sites (N-methyl/N-ethyl adjacent to an activating group) is 1. The lowest BCUT2D eigenvalue weighted by atomic mass is 9.87. The van der Waals surface area contributed by atoms with Gasteiger partial charge >= 0.3 is 0 Å². The molecular weight excluding hydrogens is 400 g/mol. The Kier molecular flexibility index (Phi) is 5.54. The largest absolute Gasteiger partial charge is 0.338 e. The summed E-state index contributed by atoms with van der Waals surface area (Å²) in [5.41, 5.74) is 1.85. The van der Waals surface area contributed by atoms with Crippen LogP contribution in [0.25, 0.3) is 0 Å². The summed E-state index contributed by atoms with van der Waals surface area (Å²) in [6, 6.07) is 9.17. The predicted molar refractivity (Wildman–Crippen MR) is 113 cm³/mol. The topological polar surface area (TPSA) is 101 Å². The van der Waals surface area contributed by atoms with E-state index in [1.54, 1.807) is 19.4 Å². The van der Waals surface area contributed by atoms with Crippen molar-refractivity contribution < 1.29 is 9.59 Å².